The number of nitrogens with one attached hydrogen (secondary N) is 1. The first-order chi connectivity index (χ1) is 8.12. The maximum absolute atomic E-state index is 4.70. The van der Waals surface area contributed by atoms with Gasteiger partial charge in [-0.05, 0) is 45.7 Å². The number of hydrogen-bond acceptors (Lipinski definition) is 2. The fraction of sp³-hybridized carbons (Fsp3) is 0.786. The lowest BCUT2D eigenvalue weighted by atomic mass is 10.1. The van der Waals surface area contributed by atoms with Crippen LogP contribution in [0.25, 0.3) is 0 Å². The Hall–Kier alpha value is -0.830. The van der Waals surface area contributed by atoms with Crippen LogP contribution in [-0.2, 0) is 12.8 Å². The highest BCUT2D eigenvalue weighted by Crippen LogP contribution is 2.17. The van der Waals surface area contributed by atoms with E-state index >= 15 is 0 Å². The highest BCUT2D eigenvalue weighted by atomic mass is 15.3. The first-order valence-corrected chi connectivity index (χ1v) is 6.92. The van der Waals surface area contributed by atoms with Crippen molar-refractivity contribution in [3.63, 3.8) is 0 Å². The van der Waals surface area contributed by atoms with Crippen molar-refractivity contribution >= 4 is 0 Å². The molecule has 0 amide bonds. The third-order valence-electron chi connectivity index (χ3n) is 3.25. The fourth-order valence-electron chi connectivity index (χ4n) is 2.35. The molecule has 17 heavy (non-hydrogen) atoms. The molecule has 0 fully saturated rings. The maximum atomic E-state index is 4.70. The molecule has 3 heteroatoms. The molecule has 1 N–H and O–H groups in total. The van der Waals surface area contributed by atoms with Crippen molar-refractivity contribution in [2.24, 2.45) is 0 Å². The second-order valence-corrected chi connectivity index (χ2v) is 4.82. The summed E-state index contributed by atoms with van der Waals surface area (Å²) in [5, 5.41) is 8.16. The van der Waals surface area contributed by atoms with E-state index in [0.29, 0.717) is 12.1 Å². The Balaban J connectivity index is 2.73. The molecule has 0 aliphatic carbocycles. The molecule has 0 radical (unpaired) electrons. The molecule has 2 atom stereocenters. The van der Waals surface area contributed by atoms with Crippen LogP contribution in [0.5, 0.6) is 0 Å². The van der Waals surface area contributed by atoms with E-state index in [4.69, 9.17) is 5.10 Å². The predicted molar refractivity (Wildman–Crippen MR) is 73.4 cm³/mol. The summed E-state index contributed by atoms with van der Waals surface area (Å²) in [7, 11) is 0. The Bertz CT molecular complexity index is 330. The topological polar surface area (TPSA) is 29.9 Å². The van der Waals surface area contributed by atoms with Gasteiger partial charge in [-0.25, -0.2) is 0 Å². The van der Waals surface area contributed by atoms with Crippen LogP contribution in [0.4, 0.5) is 0 Å². The van der Waals surface area contributed by atoms with E-state index in [-0.39, 0.29) is 0 Å². The Kier molecular flexibility index (Phi) is 5.69. The first-order valence-electron chi connectivity index (χ1n) is 6.92. The molecule has 0 aliphatic heterocycles. The molecule has 2 unspecified atom stereocenters. The number of nitrogens with zero attached hydrogens (tertiary/aromatic N) is 2. The van der Waals surface area contributed by atoms with E-state index in [1.54, 1.807) is 0 Å². The molecule has 1 aromatic rings. The number of aryl methyl sites for hydroxylation is 2. The van der Waals surface area contributed by atoms with Crippen molar-refractivity contribution in [2.45, 2.75) is 66.0 Å². The van der Waals surface area contributed by atoms with Gasteiger partial charge in [0.15, 0.2) is 0 Å². The first kappa shape index (κ1) is 14.2. The Morgan fingerprint density at radius 3 is 2.47 bits per heavy atom. The predicted octanol–water partition coefficient (Wildman–Crippen LogP) is 2.96. The summed E-state index contributed by atoms with van der Waals surface area (Å²) in [6.45, 7) is 12.1. The summed E-state index contributed by atoms with van der Waals surface area (Å²) in [4.78, 5) is 0. The Morgan fingerprint density at radius 2 is 1.94 bits per heavy atom. The van der Waals surface area contributed by atoms with Gasteiger partial charge in [-0.2, -0.15) is 5.10 Å². The lowest BCUT2D eigenvalue weighted by Gasteiger charge is -2.20. The van der Waals surface area contributed by atoms with Crippen molar-refractivity contribution in [3.05, 3.63) is 17.5 Å². The summed E-state index contributed by atoms with van der Waals surface area (Å²) in [5.74, 6) is 0. The van der Waals surface area contributed by atoms with Crippen LogP contribution in [0.1, 0.15) is 58.5 Å². The van der Waals surface area contributed by atoms with Crippen LogP contribution in [0, 0.1) is 0 Å². The molecule has 0 aliphatic rings. The summed E-state index contributed by atoms with van der Waals surface area (Å²) in [6, 6.07) is 3.27. The number of aromatic nitrogens is 2. The van der Waals surface area contributed by atoms with E-state index in [1.807, 2.05) is 0 Å². The zero-order valence-electron chi connectivity index (χ0n) is 12.0. The van der Waals surface area contributed by atoms with Gasteiger partial charge >= 0.3 is 0 Å². The molecule has 98 valence electrons. The maximum Gasteiger partial charge on any atom is 0.0624 e. The average Bonchev–Trinajstić information content (AvgIpc) is 2.72. The molecule has 0 spiro atoms. The summed E-state index contributed by atoms with van der Waals surface area (Å²) in [6.07, 6.45) is 3.22. The zero-order valence-corrected chi connectivity index (χ0v) is 12.0. The molecule has 3 nitrogen and oxygen atoms in total. The molecule has 0 aromatic carbocycles. The van der Waals surface area contributed by atoms with Crippen LogP contribution in [0.15, 0.2) is 6.07 Å². The molecule has 1 aromatic heterocycles. The molecule has 1 heterocycles. The quantitative estimate of drug-likeness (QED) is 0.790. The van der Waals surface area contributed by atoms with Crippen molar-refractivity contribution in [2.75, 3.05) is 6.54 Å². The SMILES string of the molecule is CCNC(C)CC(C)n1nc(CC)cc1CC. The summed E-state index contributed by atoms with van der Waals surface area (Å²) >= 11 is 0. The normalized spacial score (nSPS) is 14.9. The summed E-state index contributed by atoms with van der Waals surface area (Å²) in [5.41, 5.74) is 2.57. The average molecular weight is 237 g/mol. The van der Waals surface area contributed by atoms with Crippen molar-refractivity contribution in [1.29, 1.82) is 0 Å². The third-order valence-corrected chi connectivity index (χ3v) is 3.25. The van der Waals surface area contributed by atoms with Gasteiger partial charge in [-0.1, -0.05) is 20.8 Å². The monoisotopic (exact) mass is 237 g/mol. The lowest BCUT2D eigenvalue weighted by molar-refractivity contribution is 0.384. The van der Waals surface area contributed by atoms with Gasteiger partial charge in [0, 0.05) is 11.7 Å². The van der Waals surface area contributed by atoms with Crippen molar-refractivity contribution < 1.29 is 0 Å². The smallest absolute Gasteiger partial charge is 0.0624 e. The van der Waals surface area contributed by atoms with Gasteiger partial charge in [-0.3, -0.25) is 4.68 Å². The highest BCUT2D eigenvalue weighted by molar-refractivity contribution is 5.11. The van der Waals surface area contributed by atoms with E-state index < -0.39 is 0 Å². The van der Waals surface area contributed by atoms with Gasteiger partial charge in [0.2, 0.25) is 0 Å². The van der Waals surface area contributed by atoms with Crippen LogP contribution in [-0.4, -0.2) is 22.4 Å². The lowest BCUT2D eigenvalue weighted by Crippen LogP contribution is -2.28. The molecular weight excluding hydrogens is 210 g/mol. The van der Waals surface area contributed by atoms with E-state index in [1.165, 1.54) is 11.4 Å². The minimum atomic E-state index is 0.472. The number of rotatable bonds is 7. The van der Waals surface area contributed by atoms with E-state index in [2.05, 4.69) is 50.7 Å². The van der Waals surface area contributed by atoms with Crippen molar-refractivity contribution in [1.82, 2.24) is 15.1 Å². The van der Waals surface area contributed by atoms with Crippen LogP contribution < -0.4 is 5.32 Å². The molecule has 0 saturated carbocycles. The Labute approximate surface area is 106 Å². The van der Waals surface area contributed by atoms with E-state index in [9.17, 15) is 0 Å². The van der Waals surface area contributed by atoms with Gasteiger partial charge in [0.1, 0.15) is 0 Å². The second-order valence-electron chi connectivity index (χ2n) is 4.82. The van der Waals surface area contributed by atoms with Gasteiger partial charge in [0.05, 0.1) is 11.7 Å². The Morgan fingerprint density at radius 1 is 1.24 bits per heavy atom. The third kappa shape index (κ3) is 3.84. The van der Waals surface area contributed by atoms with E-state index in [0.717, 1.165) is 25.8 Å². The highest BCUT2D eigenvalue weighted by Gasteiger charge is 2.14. The molecule has 1 rings (SSSR count). The van der Waals surface area contributed by atoms with Crippen LogP contribution in [0.2, 0.25) is 0 Å². The fourth-order valence-corrected chi connectivity index (χ4v) is 2.35. The molecule has 0 bridgehead atoms. The number of hydrogen-bond donors (Lipinski definition) is 1. The van der Waals surface area contributed by atoms with Gasteiger partial charge in [0.25, 0.3) is 0 Å². The molecule has 0 saturated heterocycles. The minimum absolute atomic E-state index is 0.472. The van der Waals surface area contributed by atoms with Gasteiger partial charge in [-0.15, -0.1) is 0 Å². The van der Waals surface area contributed by atoms with Gasteiger partial charge < -0.3 is 5.32 Å². The second kappa shape index (κ2) is 6.80. The van der Waals surface area contributed by atoms with Crippen molar-refractivity contribution in [3.8, 4) is 0 Å². The minimum Gasteiger partial charge on any atom is -0.314 e. The van der Waals surface area contributed by atoms with Crippen LogP contribution >= 0.6 is 0 Å². The van der Waals surface area contributed by atoms with Crippen LogP contribution in [0.3, 0.4) is 0 Å². The standard InChI is InChI=1S/C14H27N3/c1-6-13-10-14(7-2)17(16-13)12(5)9-11(4)15-8-3/h10-12,15H,6-9H2,1-5H3. The zero-order chi connectivity index (χ0) is 12.8. The summed E-state index contributed by atoms with van der Waals surface area (Å²) < 4.78 is 2.21. The largest absolute Gasteiger partial charge is 0.314 e. The molecular formula is C14H27N3.